The fourth-order valence-electron chi connectivity index (χ4n) is 13.5. The van der Waals surface area contributed by atoms with Crippen molar-refractivity contribution in [3.8, 4) is 0 Å². The maximum absolute atomic E-state index is 12.8. The number of Topliss-reactive ketones (excluding diaryl/α,β-unsaturated/α-hetero) is 1. The number of methoxy groups -OCH3 is 3. The van der Waals surface area contributed by atoms with E-state index in [1.165, 1.54) is 27.9 Å². The molecular formula is C47H74O18. The molecule has 0 amide bonds. The maximum atomic E-state index is 12.8. The second kappa shape index (κ2) is 18.6. The number of ether oxygens (including phenoxy) is 11. The molecule has 0 aromatic heterocycles. The van der Waals surface area contributed by atoms with Gasteiger partial charge in [0.1, 0.15) is 35.3 Å². The van der Waals surface area contributed by atoms with Crippen molar-refractivity contribution >= 4 is 17.7 Å². The highest BCUT2D eigenvalue weighted by Crippen LogP contribution is 2.69. The van der Waals surface area contributed by atoms with E-state index < -0.39 is 137 Å². The summed E-state index contributed by atoms with van der Waals surface area (Å²) in [7, 11) is 4.60. The molecule has 22 atom stereocenters. The Bertz CT molecular complexity index is 1800. The van der Waals surface area contributed by atoms with Crippen LogP contribution in [0.15, 0.2) is 11.6 Å². The molecule has 0 spiro atoms. The Kier molecular flexibility index (Phi) is 14.5. The molecule has 14 unspecified atom stereocenters. The fraction of sp³-hybridized carbons (Fsp3) is 0.894. The maximum Gasteiger partial charge on any atom is 0.303 e. The van der Waals surface area contributed by atoms with Crippen LogP contribution in [0, 0.1) is 22.7 Å². The number of aliphatic hydroxyl groups is 4. The van der Waals surface area contributed by atoms with Crippen molar-refractivity contribution in [3.05, 3.63) is 11.6 Å². The summed E-state index contributed by atoms with van der Waals surface area (Å²) in [6.45, 7) is 14.9. The van der Waals surface area contributed by atoms with Crippen molar-refractivity contribution in [2.75, 3.05) is 21.3 Å². The zero-order valence-corrected chi connectivity index (χ0v) is 40.1. The summed E-state index contributed by atoms with van der Waals surface area (Å²) in [5.74, 6) is -3.95. The summed E-state index contributed by atoms with van der Waals surface area (Å²) in [6, 6.07) is 0. The minimum Gasteiger partial charge on any atom is -0.457 e. The van der Waals surface area contributed by atoms with Crippen LogP contribution >= 0.6 is 0 Å². The first-order valence-corrected chi connectivity index (χ1v) is 23.3. The normalized spacial score (nSPS) is 50.9. The van der Waals surface area contributed by atoms with Gasteiger partial charge in [-0.15, -0.1) is 0 Å². The Morgan fingerprint density at radius 2 is 1.38 bits per heavy atom. The third kappa shape index (κ3) is 8.56. The number of carbonyl (C=O) groups is 3. The standard InChI is InChI=1S/C47H74O18/c1-22(48)30-15-18-47(54)45(30,9)41(52)34(51)40-43(7)16-14-29(19-28(43)13-17-46(40,47)53)65-44(8)21-32(56-11)36(25(4)64-44)62-33-20-31(55-10)35(23(2)58-33)63-42-39(61-27(6)50)38(57-12)37(24(3)59-42)60-26(5)49/h13,23-25,29-42,51-54H,14-21H2,1-12H3/t23?,24?,25?,29-,30-,31?,32?,33?,34-,35?,36?,37?,38?,39?,40?,41+,42?,43-,44?,45-,46-,47+/m0/s1. The van der Waals surface area contributed by atoms with Gasteiger partial charge in [0.15, 0.2) is 30.6 Å². The van der Waals surface area contributed by atoms with Crippen LogP contribution in [0.5, 0.6) is 0 Å². The molecule has 0 radical (unpaired) electrons. The molecule has 0 aromatic rings. The van der Waals surface area contributed by atoms with Crippen LogP contribution in [0.2, 0.25) is 0 Å². The van der Waals surface area contributed by atoms with Crippen molar-refractivity contribution < 1.29 is 86.9 Å². The van der Waals surface area contributed by atoms with E-state index in [4.69, 9.17) is 52.1 Å². The molecule has 0 bridgehead atoms. The monoisotopic (exact) mass is 926 g/mol. The van der Waals surface area contributed by atoms with Gasteiger partial charge in [-0.25, -0.2) is 0 Å². The van der Waals surface area contributed by atoms with E-state index in [1.54, 1.807) is 28.1 Å². The molecule has 18 nitrogen and oxygen atoms in total. The lowest BCUT2D eigenvalue weighted by atomic mass is 9.42. The predicted octanol–water partition coefficient (Wildman–Crippen LogP) is 2.79. The average molecular weight is 927 g/mol. The minimum atomic E-state index is -1.78. The van der Waals surface area contributed by atoms with Crippen molar-refractivity contribution in [2.24, 2.45) is 22.7 Å². The van der Waals surface area contributed by atoms with Gasteiger partial charge in [-0.1, -0.05) is 25.5 Å². The molecule has 3 heterocycles. The summed E-state index contributed by atoms with van der Waals surface area (Å²) in [4.78, 5) is 36.9. The van der Waals surface area contributed by atoms with Gasteiger partial charge < -0.3 is 72.5 Å². The third-order valence-electron chi connectivity index (χ3n) is 16.6. The molecule has 7 aliphatic rings. The number of esters is 2. The molecule has 4 N–H and O–H groups in total. The van der Waals surface area contributed by atoms with Crippen molar-refractivity contribution in [2.45, 2.75) is 223 Å². The molecule has 6 fully saturated rings. The van der Waals surface area contributed by atoms with Crippen LogP contribution in [-0.2, 0) is 66.5 Å². The van der Waals surface area contributed by atoms with E-state index in [-0.39, 0.29) is 31.1 Å². The Morgan fingerprint density at radius 3 is 2.00 bits per heavy atom. The summed E-state index contributed by atoms with van der Waals surface area (Å²) in [6.07, 6.45) is -7.16. The van der Waals surface area contributed by atoms with Gasteiger partial charge in [-0.2, -0.15) is 0 Å². The number of fused-ring (bicyclic) bond motifs is 5. The van der Waals surface area contributed by atoms with Gasteiger partial charge >= 0.3 is 11.9 Å². The Morgan fingerprint density at radius 1 is 0.754 bits per heavy atom. The second-order valence-corrected chi connectivity index (χ2v) is 20.5. The van der Waals surface area contributed by atoms with Gasteiger partial charge in [-0.3, -0.25) is 14.4 Å². The van der Waals surface area contributed by atoms with Gasteiger partial charge in [0.05, 0.1) is 48.8 Å². The highest BCUT2D eigenvalue weighted by Gasteiger charge is 2.78. The second-order valence-electron chi connectivity index (χ2n) is 20.5. The van der Waals surface area contributed by atoms with Crippen molar-refractivity contribution in [3.63, 3.8) is 0 Å². The van der Waals surface area contributed by atoms with E-state index in [2.05, 4.69) is 0 Å². The first kappa shape index (κ1) is 50.7. The number of ketones is 1. The van der Waals surface area contributed by atoms with Crippen LogP contribution in [0.3, 0.4) is 0 Å². The Balaban J connectivity index is 0.996. The molecule has 3 saturated heterocycles. The topological polar surface area (TPSA) is 234 Å². The molecule has 370 valence electrons. The lowest BCUT2D eigenvalue weighted by Crippen LogP contribution is -2.79. The largest absolute Gasteiger partial charge is 0.457 e. The number of rotatable bonds is 12. The minimum absolute atomic E-state index is 0.0682. The van der Waals surface area contributed by atoms with Gasteiger partial charge in [-0.05, 0) is 78.6 Å². The molecule has 3 saturated carbocycles. The number of aliphatic hydroxyl groups excluding tert-OH is 2. The number of hydrogen-bond donors (Lipinski definition) is 4. The first-order chi connectivity index (χ1) is 30.4. The Labute approximate surface area is 382 Å². The van der Waals surface area contributed by atoms with Gasteiger partial charge in [0, 0.05) is 65.3 Å². The SMILES string of the molecule is COC1CC(C)(O[C@H]2CC[C@@]3(C)C(=CC[C@]4(O)C3[C@H](O)[C@@H](O)[C@]3(C)[C@H](C(C)=O)CC[C@@]34O)C2)OC(C)C1OC1CC(OC)C(OC2OC(C)C(OC(C)=O)C(OC)C2OC(C)=O)C(C)O1. The van der Waals surface area contributed by atoms with Crippen LogP contribution in [0.4, 0.5) is 0 Å². The number of carbonyl (C=O) groups excluding carboxylic acids is 3. The van der Waals surface area contributed by atoms with Crippen LogP contribution in [-0.4, -0.2) is 168 Å². The summed E-state index contributed by atoms with van der Waals surface area (Å²) >= 11 is 0. The molecule has 65 heavy (non-hydrogen) atoms. The van der Waals surface area contributed by atoms with Gasteiger partial charge in [0.25, 0.3) is 0 Å². The fourth-order valence-corrected chi connectivity index (χ4v) is 13.5. The van der Waals surface area contributed by atoms with Crippen molar-refractivity contribution in [1.82, 2.24) is 0 Å². The highest BCUT2D eigenvalue weighted by molar-refractivity contribution is 5.80. The van der Waals surface area contributed by atoms with E-state index in [9.17, 15) is 34.8 Å². The summed E-state index contributed by atoms with van der Waals surface area (Å²) in [5.41, 5.74) is -4.73. The lowest BCUT2D eigenvalue weighted by molar-refractivity contribution is -0.364. The molecule has 4 aliphatic carbocycles. The third-order valence-corrected chi connectivity index (χ3v) is 16.6. The smallest absolute Gasteiger partial charge is 0.303 e. The number of hydrogen-bond acceptors (Lipinski definition) is 18. The van der Waals surface area contributed by atoms with Crippen LogP contribution in [0.25, 0.3) is 0 Å². The van der Waals surface area contributed by atoms with Crippen molar-refractivity contribution in [1.29, 1.82) is 0 Å². The summed E-state index contributed by atoms with van der Waals surface area (Å²) < 4.78 is 67.9. The van der Waals surface area contributed by atoms with E-state index in [0.717, 1.165) is 5.57 Å². The predicted molar refractivity (Wildman–Crippen MR) is 227 cm³/mol. The average Bonchev–Trinajstić information content (AvgIpc) is 3.52. The zero-order valence-electron chi connectivity index (χ0n) is 40.1. The molecule has 18 heteroatoms. The molecular weight excluding hydrogens is 852 g/mol. The lowest BCUT2D eigenvalue weighted by Gasteiger charge is -2.67. The van der Waals surface area contributed by atoms with E-state index in [0.29, 0.717) is 32.1 Å². The van der Waals surface area contributed by atoms with Crippen LogP contribution in [0.1, 0.15) is 114 Å². The quantitative estimate of drug-likeness (QED) is 0.163. The zero-order chi connectivity index (χ0) is 47.8. The van der Waals surface area contributed by atoms with Crippen LogP contribution < -0.4 is 0 Å². The Hall–Kier alpha value is -2.17. The van der Waals surface area contributed by atoms with Gasteiger partial charge in [0.2, 0.25) is 0 Å². The highest BCUT2D eigenvalue weighted by atomic mass is 16.8. The molecule has 7 rings (SSSR count). The first-order valence-electron chi connectivity index (χ1n) is 23.3. The van der Waals surface area contributed by atoms with E-state index in [1.807, 2.05) is 33.8 Å². The molecule has 3 aliphatic heterocycles. The molecule has 0 aromatic carbocycles. The van der Waals surface area contributed by atoms with E-state index >= 15 is 0 Å². The summed E-state index contributed by atoms with van der Waals surface area (Å²) in [5, 5.41) is 48.6.